The molecule has 2 aromatic carbocycles. The number of hydrogen-bond donors (Lipinski definition) is 3. The Morgan fingerprint density at radius 1 is 1.11 bits per heavy atom. The van der Waals surface area contributed by atoms with Crippen molar-refractivity contribution in [1.82, 2.24) is 9.97 Å². The molecule has 1 aromatic heterocycles. The smallest absolute Gasteiger partial charge is 0.340 e. The maximum atomic E-state index is 12.3. The van der Waals surface area contributed by atoms with E-state index in [9.17, 15) is 18.6 Å². The van der Waals surface area contributed by atoms with Gasteiger partial charge >= 0.3 is 11.7 Å². The number of nitrogens with one attached hydrogen (secondary N) is 3. The van der Waals surface area contributed by atoms with Gasteiger partial charge in [0.15, 0.2) is 6.10 Å². The number of fused-ring (bicyclic) bond motifs is 1. The van der Waals surface area contributed by atoms with Gasteiger partial charge in [-0.05, 0) is 37.3 Å². The number of amides is 1. The van der Waals surface area contributed by atoms with Crippen molar-refractivity contribution in [3.8, 4) is 0 Å². The number of benzene rings is 2. The van der Waals surface area contributed by atoms with E-state index in [2.05, 4.69) is 15.3 Å². The average Bonchev–Trinajstić information content (AvgIpc) is 3.00. The second-order valence-corrected chi connectivity index (χ2v) is 7.17. The minimum absolute atomic E-state index is 0.157. The number of carbonyl (C=O) groups is 2. The molecule has 0 bridgehead atoms. The van der Waals surface area contributed by atoms with E-state index in [4.69, 9.17) is 4.74 Å². The number of imidazole rings is 1. The third-order valence-electron chi connectivity index (χ3n) is 3.85. The van der Waals surface area contributed by atoms with Crippen LogP contribution in [-0.2, 0) is 20.3 Å². The minimum atomic E-state index is -1.36. The lowest BCUT2D eigenvalue weighted by Crippen LogP contribution is -2.30. The zero-order valence-electron chi connectivity index (χ0n) is 14.6. The molecule has 0 aliphatic carbocycles. The summed E-state index contributed by atoms with van der Waals surface area (Å²) in [5, 5.41) is 2.63. The Bertz CT molecular complexity index is 1100. The summed E-state index contributed by atoms with van der Waals surface area (Å²) < 4.78 is 16.9. The second-order valence-electron chi connectivity index (χ2n) is 5.83. The van der Waals surface area contributed by atoms with Crippen molar-refractivity contribution in [2.45, 2.75) is 17.9 Å². The monoisotopic (exact) mass is 387 g/mol. The van der Waals surface area contributed by atoms with Crippen LogP contribution in [0.1, 0.15) is 17.3 Å². The van der Waals surface area contributed by atoms with Gasteiger partial charge in [0.05, 0.1) is 32.3 Å². The SMILES string of the molecule is C[C@@H](OC(=O)c1ccccc1[S@@](C)=O)C(=O)Nc1ccc2[nH]c(=O)[nH]c2c1. The van der Waals surface area contributed by atoms with Crippen molar-refractivity contribution in [2.24, 2.45) is 0 Å². The van der Waals surface area contributed by atoms with E-state index in [-0.39, 0.29) is 11.3 Å². The van der Waals surface area contributed by atoms with E-state index < -0.39 is 28.8 Å². The molecule has 0 aliphatic heterocycles. The number of carbonyl (C=O) groups excluding carboxylic acids is 2. The summed E-state index contributed by atoms with van der Waals surface area (Å²) in [6.45, 7) is 1.44. The maximum Gasteiger partial charge on any atom is 0.340 e. The van der Waals surface area contributed by atoms with Crippen molar-refractivity contribution >= 4 is 39.4 Å². The largest absolute Gasteiger partial charge is 0.449 e. The highest BCUT2D eigenvalue weighted by Gasteiger charge is 2.21. The Morgan fingerprint density at radius 2 is 1.81 bits per heavy atom. The molecule has 27 heavy (non-hydrogen) atoms. The second kappa shape index (κ2) is 7.58. The van der Waals surface area contributed by atoms with Crippen LogP contribution in [-0.4, -0.2) is 38.4 Å². The van der Waals surface area contributed by atoms with Gasteiger partial charge < -0.3 is 20.0 Å². The molecule has 0 radical (unpaired) electrons. The molecule has 2 atom stereocenters. The topological polar surface area (TPSA) is 121 Å². The molecule has 0 fully saturated rings. The number of aromatic nitrogens is 2. The first-order valence-electron chi connectivity index (χ1n) is 8.01. The fourth-order valence-corrected chi connectivity index (χ4v) is 3.25. The number of anilines is 1. The van der Waals surface area contributed by atoms with E-state index >= 15 is 0 Å². The number of rotatable bonds is 5. The van der Waals surface area contributed by atoms with Crippen molar-refractivity contribution in [2.75, 3.05) is 11.6 Å². The molecule has 1 heterocycles. The first kappa shape index (κ1) is 18.6. The van der Waals surface area contributed by atoms with Gasteiger partial charge in [-0.15, -0.1) is 0 Å². The Balaban J connectivity index is 1.70. The highest BCUT2D eigenvalue weighted by atomic mass is 32.2. The van der Waals surface area contributed by atoms with E-state index in [0.29, 0.717) is 21.6 Å². The molecule has 3 N–H and O–H groups in total. The van der Waals surface area contributed by atoms with Gasteiger partial charge in [-0.3, -0.25) is 9.00 Å². The lowest BCUT2D eigenvalue weighted by atomic mass is 10.2. The van der Waals surface area contributed by atoms with Crippen LogP contribution in [0.5, 0.6) is 0 Å². The fourth-order valence-electron chi connectivity index (χ4n) is 2.52. The molecule has 0 aliphatic rings. The predicted octanol–water partition coefficient (Wildman–Crippen LogP) is 1.78. The normalized spacial score (nSPS) is 13.1. The first-order valence-corrected chi connectivity index (χ1v) is 9.57. The van der Waals surface area contributed by atoms with Gasteiger partial charge in [-0.2, -0.15) is 0 Å². The molecule has 0 saturated carbocycles. The summed E-state index contributed by atoms with van der Waals surface area (Å²) >= 11 is 0. The number of hydrogen-bond acceptors (Lipinski definition) is 5. The summed E-state index contributed by atoms with van der Waals surface area (Å²) in [4.78, 5) is 41.5. The van der Waals surface area contributed by atoms with Crippen LogP contribution < -0.4 is 11.0 Å². The van der Waals surface area contributed by atoms with Gasteiger partial charge in [0, 0.05) is 11.9 Å². The summed E-state index contributed by atoms with van der Waals surface area (Å²) in [5.74, 6) is -1.26. The molecule has 1 amide bonds. The number of esters is 1. The predicted molar refractivity (Wildman–Crippen MR) is 101 cm³/mol. The Kier molecular flexibility index (Phi) is 5.22. The summed E-state index contributed by atoms with van der Waals surface area (Å²) in [6.07, 6.45) is 0.390. The van der Waals surface area contributed by atoms with E-state index in [0.717, 1.165) is 0 Å². The lowest BCUT2D eigenvalue weighted by Gasteiger charge is -2.14. The molecule has 9 heteroatoms. The third-order valence-corrected chi connectivity index (χ3v) is 4.83. The average molecular weight is 387 g/mol. The minimum Gasteiger partial charge on any atom is -0.449 e. The van der Waals surface area contributed by atoms with Crippen molar-refractivity contribution in [3.63, 3.8) is 0 Å². The maximum absolute atomic E-state index is 12.3. The van der Waals surface area contributed by atoms with Crippen LogP contribution in [0, 0.1) is 0 Å². The molecular weight excluding hydrogens is 370 g/mol. The molecule has 0 saturated heterocycles. The Hall–Kier alpha value is -3.20. The molecule has 3 aromatic rings. The van der Waals surface area contributed by atoms with Crippen molar-refractivity contribution in [1.29, 1.82) is 0 Å². The summed E-state index contributed by atoms with van der Waals surface area (Å²) in [7, 11) is -1.36. The van der Waals surface area contributed by atoms with Gasteiger partial charge in [0.25, 0.3) is 5.91 Å². The van der Waals surface area contributed by atoms with Gasteiger partial charge in [0.2, 0.25) is 0 Å². The van der Waals surface area contributed by atoms with Crippen LogP contribution >= 0.6 is 0 Å². The highest BCUT2D eigenvalue weighted by Crippen LogP contribution is 2.17. The van der Waals surface area contributed by atoms with Crippen molar-refractivity contribution < 1.29 is 18.5 Å². The third kappa shape index (κ3) is 4.14. The molecular formula is C18H17N3O5S. The molecule has 3 rings (SSSR count). The van der Waals surface area contributed by atoms with Crippen molar-refractivity contribution in [3.05, 3.63) is 58.5 Å². The van der Waals surface area contributed by atoms with Crippen LogP contribution in [0.25, 0.3) is 11.0 Å². The van der Waals surface area contributed by atoms with Gasteiger partial charge in [-0.1, -0.05) is 12.1 Å². The Labute approximate surface area is 156 Å². The lowest BCUT2D eigenvalue weighted by molar-refractivity contribution is -0.123. The molecule has 8 nitrogen and oxygen atoms in total. The van der Waals surface area contributed by atoms with Crippen LogP contribution in [0.4, 0.5) is 5.69 Å². The van der Waals surface area contributed by atoms with Gasteiger partial charge in [-0.25, -0.2) is 9.59 Å². The zero-order valence-corrected chi connectivity index (χ0v) is 15.4. The van der Waals surface area contributed by atoms with Crippen LogP contribution in [0.3, 0.4) is 0 Å². The standard InChI is InChI=1S/C18H17N3O5S/c1-10(26-17(23)12-5-3-4-6-15(12)27(2)25)16(22)19-11-7-8-13-14(9-11)21-18(24)20-13/h3-10H,1-2H3,(H,19,22)(H2,20,21,24)/t10-,27-/m1/s1. The quantitative estimate of drug-likeness (QED) is 0.576. The number of aromatic amines is 2. The van der Waals surface area contributed by atoms with E-state index in [1.54, 1.807) is 36.4 Å². The molecule has 140 valence electrons. The highest BCUT2D eigenvalue weighted by molar-refractivity contribution is 7.84. The summed E-state index contributed by atoms with van der Waals surface area (Å²) in [6, 6.07) is 11.2. The van der Waals surface area contributed by atoms with E-state index in [1.807, 2.05) is 0 Å². The fraction of sp³-hybridized carbons (Fsp3) is 0.167. The number of H-pyrrole nitrogens is 2. The Morgan fingerprint density at radius 3 is 2.56 bits per heavy atom. The molecule has 0 spiro atoms. The van der Waals surface area contributed by atoms with Crippen LogP contribution in [0.2, 0.25) is 0 Å². The van der Waals surface area contributed by atoms with E-state index in [1.165, 1.54) is 19.2 Å². The molecule has 0 unspecified atom stereocenters. The van der Waals surface area contributed by atoms with Crippen LogP contribution in [0.15, 0.2) is 52.2 Å². The zero-order chi connectivity index (χ0) is 19.6. The summed E-state index contributed by atoms with van der Waals surface area (Å²) in [5.41, 5.74) is 1.41. The first-order chi connectivity index (χ1) is 12.8. The van der Waals surface area contributed by atoms with Gasteiger partial charge in [0.1, 0.15) is 0 Å². The number of ether oxygens (including phenoxy) is 1.